The monoisotopic (exact) mass is 217 g/mol. The molecule has 80 valence electrons. The molecule has 2 unspecified atom stereocenters. The van der Waals surface area contributed by atoms with Gasteiger partial charge in [-0.15, -0.1) is 11.6 Å². The molecule has 14 heavy (non-hydrogen) atoms. The summed E-state index contributed by atoms with van der Waals surface area (Å²) in [7, 11) is 0. The first kappa shape index (κ1) is 10.2. The van der Waals surface area contributed by atoms with Crippen molar-refractivity contribution in [2.24, 2.45) is 0 Å². The molecule has 0 aromatic carbocycles. The van der Waals surface area contributed by atoms with Gasteiger partial charge in [-0.3, -0.25) is 4.79 Å². The maximum atomic E-state index is 11.7. The molecule has 0 aromatic heterocycles. The van der Waals surface area contributed by atoms with E-state index in [1.807, 2.05) is 6.92 Å². The molecule has 1 amide bonds. The van der Waals surface area contributed by atoms with Gasteiger partial charge in [0.15, 0.2) is 0 Å². The highest BCUT2D eigenvalue weighted by Gasteiger charge is 2.44. The number of alkyl halides is 1. The van der Waals surface area contributed by atoms with Crippen LogP contribution in [0.2, 0.25) is 0 Å². The summed E-state index contributed by atoms with van der Waals surface area (Å²) in [6, 6.07) is 0. The Morgan fingerprint density at radius 1 is 1.57 bits per heavy atom. The molecule has 2 fully saturated rings. The van der Waals surface area contributed by atoms with Crippen molar-refractivity contribution in [1.29, 1.82) is 0 Å². The Hall–Kier alpha value is -0.280. The van der Waals surface area contributed by atoms with Gasteiger partial charge in [0.2, 0.25) is 5.91 Å². The Morgan fingerprint density at radius 2 is 2.29 bits per heavy atom. The lowest BCUT2D eigenvalue weighted by molar-refractivity contribution is -0.132. The Bertz CT molecular complexity index is 240. The van der Waals surface area contributed by atoms with Gasteiger partial charge in [-0.1, -0.05) is 0 Å². The van der Waals surface area contributed by atoms with Crippen molar-refractivity contribution in [1.82, 2.24) is 5.32 Å². The minimum Gasteiger partial charge on any atom is -0.365 e. The van der Waals surface area contributed by atoms with Gasteiger partial charge < -0.3 is 10.1 Å². The fourth-order valence-corrected chi connectivity index (χ4v) is 2.11. The van der Waals surface area contributed by atoms with Crippen LogP contribution in [0.4, 0.5) is 0 Å². The molecule has 3 nitrogen and oxygen atoms in total. The minimum atomic E-state index is -0.245. The van der Waals surface area contributed by atoms with Gasteiger partial charge in [-0.05, 0) is 32.6 Å². The van der Waals surface area contributed by atoms with Gasteiger partial charge in [-0.25, -0.2) is 0 Å². The summed E-state index contributed by atoms with van der Waals surface area (Å²) in [6.45, 7) is 2.00. The molecule has 4 heteroatoms. The van der Waals surface area contributed by atoms with E-state index >= 15 is 0 Å². The van der Waals surface area contributed by atoms with Gasteiger partial charge in [-0.2, -0.15) is 0 Å². The number of nitrogens with one attached hydrogen (secondary N) is 1. The molecule has 2 atom stereocenters. The summed E-state index contributed by atoms with van der Waals surface area (Å²) in [5.41, 5.74) is -0.103. The summed E-state index contributed by atoms with van der Waals surface area (Å²) >= 11 is 5.78. The fourth-order valence-electron chi connectivity index (χ4n) is 1.78. The van der Waals surface area contributed by atoms with E-state index in [-0.39, 0.29) is 23.7 Å². The van der Waals surface area contributed by atoms with Gasteiger partial charge in [0.1, 0.15) is 6.10 Å². The third kappa shape index (κ3) is 2.04. The third-order valence-electron chi connectivity index (χ3n) is 3.02. The second kappa shape index (κ2) is 3.70. The van der Waals surface area contributed by atoms with Crippen molar-refractivity contribution in [2.45, 2.75) is 50.4 Å². The quantitative estimate of drug-likeness (QED) is 0.727. The van der Waals surface area contributed by atoms with Gasteiger partial charge >= 0.3 is 0 Å². The summed E-state index contributed by atoms with van der Waals surface area (Å²) in [5.74, 6) is 0.536. The number of halogens is 1. The fraction of sp³-hybridized carbons (Fsp3) is 0.900. The average molecular weight is 218 g/mol. The van der Waals surface area contributed by atoms with Crippen LogP contribution < -0.4 is 5.32 Å². The summed E-state index contributed by atoms with van der Waals surface area (Å²) in [6.07, 6.45) is 3.80. The first-order valence-electron chi connectivity index (χ1n) is 5.19. The summed E-state index contributed by atoms with van der Waals surface area (Å²) < 4.78 is 5.49. The largest absolute Gasteiger partial charge is 0.365 e. The zero-order valence-corrected chi connectivity index (χ0v) is 9.14. The Kier molecular flexibility index (Phi) is 2.71. The van der Waals surface area contributed by atoms with E-state index in [9.17, 15) is 4.79 Å². The lowest BCUT2D eigenvalue weighted by Crippen LogP contribution is -2.44. The number of carbonyl (C=O) groups excluding carboxylic acids is 1. The standard InChI is InChI=1S/C10H16ClNO2/c1-7-2-3-8(14-7)9(13)12-10(6-11)4-5-10/h7-8H,2-6H2,1H3,(H,12,13). The van der Waals surface area contributed by atoms with Crippen LogP contribution >= 0.6 is 11.6 Å². The molecule has 1 saturated heterocycles. The Labute approximate surface area is 89.1 Å². The molecule has 1 aliphatic carbocycles. The Morgan fingerprint density at radius 3 is 2.71 bits per heavy atom. The second-order valence-electron chi connectivity index (χ2n) is 4.42. The molecular formula is C10H16ClNO2. The van der Waals surface area contributed by atoms with Crippen LogP contribution in [0, 0.1) is 0 Å². The third-order valence-corrected chi connectivity index (χ3v) is 3.53. The zero-order chi connectivity index (χ0) is 10.2. The van der Waals surface area contributed by atoms with Crippen molar-refractivity contribution < 1.29 is 9.53 Å². The van der Waals surface area contributed by atoms with Crippen LogP contribution in [0.15, 0.2) is 0 Å². The normalized spacial score (nSPS) is 34.1. The van der Waals surface area contributed by atoms with E-state index in [1.54, 1.807) is 0 Å². The second-order valence-corrected chi connectivity index (χ2v) is 4.68. The smallest absolute Gasteiger partial charge is 0.249 e. The summed E-state index contributed by atoms with van der Waals surface area (Å²) in [5, 5.41) is 2.98. The van der Waals surface area contributed by atoms with E-state index in [0.29, 0.717) is 5.88 Å². The Balaban J connectivity index is 1.84. The highest BCUT2D eigenvalue weighted by Crippen LogP contribution is 2.36. The molecule has 1 N–H and O–H groups in total. The van der Waals surface area contributed by atoms with Crippen molar-refractivity contribution in [3.8, 4) is 0 Å². The van der Waals surface area contributed by atoms with E-state index in [0.717, 1.165) is 25.7 Å². The van der Waals surface area contributed by atoms with Crippen molar-refractivity contribution in [2.75, 3.05) is 5.88 Å². The number of carbonyl (C=O) groups is 1. The first-order valence-corrected chi connectivity index (χ1v) is 5.72. The van der Waals surface area contributed by atoms with Crippen LogP contribution in [-0.4, -0.2) is 29.5 Å². The van der Waals surface area contributed by atoms with E-state index in [4.69, 9.17) is 16.3 Å². The molecular weight excluding hydrogens is 202 g/mol. The SMILES string of the molecule is CC1CCC(C(=O)NC2(CCl)CC2)O1. The maximum Gasteiger partial charge on any atom is 0.249 e. The average Bonchev–Trinajstić information content (AvgIpc) is 2.80. The lowest BCUT2D eigenvalue weighted by Gasteiger charge is -2.17. The molecule has 2 aliphatic rings. The first-order chi connectivity index (χ1) is 6.65. The highest BCUT2D eigenvalue weighted by molar-refractivity contribution is 6.19. The molecule has 0 spiro atoms. The van der Waals surface area contributed by atoms with Crippen molar-refractivity contribution in [3.63, 3.8) is 0 Å². The van der Waals surface area contributed by atoms with Crippen LogP contribution in [0.5, 0.6) is 0 Å². The van der Waals surface area contributed by atoms with Crippen LogP contribution in [0.3, 0.4) is 0 Å². The maximum absolute atomic E-state index is 11.7. The number of hydrogen-bond donors (Lipinski definition) is 1. The van der Waals surface area contributed by atoms with E-state index in [2.05, 4.69) is 5.32 Å². The zero-order valence-electron chi connectivity index (χ0n) is 8.38. The predicted octanol–water partition coefficient (Wildman–Crippen LogP) is 1.44. The topological polar surface area (TPSA) is 38.3 Å². The van der Waals surface area contributed by atoms with Crippen molar-refractivity contribution >= 4 is 17.5 Å². The molecule has 2 rings (SSSR count). The molecule has 0 radical (unpaired) electrons. The molecule has 0 aromatic rings. The van der Waals surface area contributed by atoms with Crippen LogP contribution in [-0.2, 0) is 9.53 Å². The summed E-state index contributed by atoms with van der Waals surface area (Å²) in [4.78, 5) is 11.7. The molecule has 1 aliphatic heterocycles. The molecule has 1 heterocycles. The van der Waals surface area contributed by atoms with Crippen LogP contribution in [0.25, 0.3) is 0 Å². The van der Waals surface area contributed by atoms with Gasteiger partial charge in [0.25, 0.3) is 0 Å². The molecule has 1 saturated carbocycles. The van der Waals surface area contributed by atoms with E-state index < -0.39 is 0 Å². The minimum absolute atomic E-state index is 0.0208. The number of amides is 1. The number of hydrogen-bond acceptors (Lipinski definition) is 2. The van der Waals surface area contributed by atoms with Gasteiger partial charge in [0.05, 0.1) is 11.6 Å². The predicted molar refractivity (Wildman–Crippen MR) is 54.4 cm³/mol. The number of rotatable bonds is 3. The van der Waals surface area contributed by atoms with Crippen LogP contribution in [0.1, 0.15) is 32.6 Å². The molecule has 0 bridgehead atoms. The van der Waals surface area contributed by atoms with Crippen molar-refractivity contribution in [3.05, 3.63) is 0 Å². The van der Waals surface area contributed by atoms with Gasteiger partial charge in [0, 0.05) is 5.88 Å². The lowest BCUT2D eigenvalue weighted by atomic mass is 10.2. The highest BCUT2D eigenvalue weighted by atomic mass is 35.5. The number of ether oxygens (including phenoxy) is 1. The van der Waals surface area contributed by atoms with E-state index in [1.165, 1.54) is 0 Å².